The number of halogens is 1. The van der Waals surface area contributed by atoms with Gasteiger partial charge in [-0.15, -0.1) is 0 Å². The van der Waals surface area contributed by atoms with E-state index in [1.807, 2.05) is 0 Å². The second kappa shape index (κ2) is 6.38. The summed E-state index contributed by atoms with van der Waals surface area (Å²) < 4.78 is 19.7. The molecule has 3 heteroatoms. The molecular formula is C16H23FO2. The molecule has 2 nitrogen and oxygen atoms in total. The molecule has 3 atom stereocenters. The molecule has 1 aliphatic carbocycles. The smallest absolute Gasteiger partial charge is 0.165 e. The fourth-order valence-electron chi connectivity index (χ4n) is 2.77. The lowest BCUT2D eigenvalue weighted by Crippen LogP contribution is -2.25. The zero-order valence-corrected chi connectivity index (χ0v) is 11.7. The van der Waals surface area contributed by atoms with Gasteiger partial charge in [-0.05, 0) is 49.8 Å². The molecule has 0 spiro atoms. The molecule has 0 radical (unpaired) electrons. The first-order valence-corrected chi connectivity index (χ1v) is 7.24. The van der Waals surface area contributed by atoms with Crippen molar-refractivity contribution in [3.05, 3.63) is 29.6 Å². The van der Waals surface area contributed by atoms with Gasteiger partial charge in [-0.2, -0.15) is 0 Å². The maximum absolute atomic E-state index is 13.9. The molecule has 0 aliphatic heterocycles. The monoisotopic (exact) mass is 266 g/mol. The molecule has 0 bridgehead atoms. The summed E-state index contributed by atoms with van der Waals surface area (Å²) in [5.41, 5.74) is 0.583. The Morgan fingerprint density at radius 3 is 2.84 bits per heavy atom. The van der Waals surface area contributed by atoms with Gasteiger partial charge in [-0.3, -0.25) is 0 Å². The zero-order chi connectivity index (χ0) is 13.8. The Labute approximate surface area is 114 Å². The van der Waals surface area contributed by atoms with E-state index >= 15 is 0 Å². The van der Waals surface area contributed by atoms with Gasteiger partial charge in [0.05, 0.1) is 12.2 Å². The number of benzene rings is 1. The van der Waals surface area contributed by atoms with Crippen LogP contribution in [0.15, 0.2) is 18.2 Å². The van der Waals surface area contributed by atoms with E-state index < -0.39 is 6.10 Å². The van der Waals surface area contributed by atoms with Gasteiger partial charge < -0.3 is 9.84 Å². The highest BCUT2D eigenvalue weighted by Crippen LogP contribution is 2.31. The molecule has 0 aromatic heterocycles. The maximum Gasteiger partial charge on any atom is 0.165 e. The van der Waals surface area contributed by atoms with E-state index in [0.29, 0.717) is 17.2 Å². The minimum Gasteiger partial charge on any atom is -0.487 e. The average Bonchev–Trinajstić information content (AvgIpc) is 2.41. The summed E-state index contributed by atoms with van der Waals surface area (Å²) in [5.74, 6) is 0.640. The summed E-state index contributed by atoms with van der Waals surface area (Å²) >= 11 is 0. The van der Waals surface area contributed by atoms with E-state index in [2.05, 4.69) is 6.92 Å². The van der Waals surface area contributed by atoms with Gasteiger partial charge >= 0.3 is 0 Å². The number of rotatable bonds is 4. The van der Waals surface area contributed by atoms with Crippen molar-refractivity contribution in [2.75, 3.05) is 0 Å². The van der Waals surface area contributed by atoms with Crippen LogP contribution >= 0.6 is 0 Å². The highest BCUT2D eigenvalue weighted by Gasteiger charge is 2.23. The number of hydrogen-bond donors (Lipinski definition) is 1. The van der Waals surface area contributed by atoms with Crippen molar-refractivity contribution in [2.24, 2.45) is 5.92 Å². The predicted molar refractivity (Wildman–Crippen MR) is 73.7 cm³/mol. The molecule has 2 rings (SSSR count). The molecule has 1 aromatic rings. The number of ether oxygens (including phenoxy) is 1. The predicted octanol–water partition coefficient (Wildman–Crippen LogP) is 4.23. The van der Waals surface area contributed by atoms with Crippen LogP contribution in [0.1, 0.15) is 57.6 Å². The van der Waals surface area contributed by atoms with Crippen LogP contribution in [0.3, 0.4) is 0 Å². The van der Waals surface area contributed by atoms with Gasteiger partial charge in [-0.1, -0.05) is 25.8 Å². The molecule has 19 heavy (non-hydrogen) atoms. The number of aliphatic hydroxyl groups excluding tert-OH is 1. The Bertz CT molecular complexity index is 417. The van der Waals surface area contributed by atoms with Crippen LogP contribution in [0.25, 0.3) is 0 Å². The van der Waals surface area contributed by atoms with Crippen molar-refractivity contribution in [1.29, 1.82) is 0 Å². The molecule has 106 valence electrons. The van der Waals surface area contributed by atoms with Gasteiger partial charge in [0.1, 0.15) is 0 Å². The molecule has 1 saturated carbocycles. The summed E-state index contributed by atoms with van der Waals surface area (Å²) in [7, 11) is 0. The SMILES string of the molecule is CCC1CCCC(Oc2ccc([C@@H](C)O)cc2F)C1. The minimum absolute atomic E-state index is 0.130. The Hall–Kier alpha value is -1.09. The van der Waals surface area contributed by atoms with Crippen LogP contribution in [0.5, 0.6) is 5.75 Å². The summed E-state index contributed by atoms with van der Waals surface area (Å²) in [5, 5.41) is 9.42. The molecule has 2 unspecified atom stereocenters. The third-order valence-electron chi connectivity index (χ3n) is 4.04. The molecule has 1 aliphatic rings. The van der Waals surface area contributed by atoms with E-state index in [-0.39, 0.29) is 11.9 Å². The van der Waals surface area contributed by atoms with Gasteiger partial charge in [0.25, 0.3) is 0 Å². The first-order chi connectivity index (χ1) is 9.10. The Morgan fingerprint density at radius 2 is 2.21 bits per heavy atom. The summed E-state index contributed by atoms with van der Waals surface area (Å²) in [6, 6.07) is 4.72. The third kappa shape index (κ3) is 3.69. The second-order valence-electron chi connectivity index (χ2n) is 5.55. The molecule has 0 amide bonds. The standard InChI is InChI=1S/C16H23FO2/c1-3-12-5-4-6-14(9-12)19-16-8-7-13(11(2)18)10-15(16)17/h7-8,10-12,14,18H,3-6,9H2,1-2H3/t11-,12?,14?/m1/s1. The topological polar surface area (TPSA) is 29.5 Å². The van der Waals surface area contributed by atoms with E-state index in [1.165, 1.54) is 18.9 Å². The van der Waals surface area contributed by atoms with Crippen molar-refractivity contribution in [2.45, 2.75) is 58.2 Å². The van der Waals surface area contributed by atoms with Crippen LogP contribution in [0, 0.1) is 11.7 Å². The summed E-state index contributed by atoms with van der Waals surface area (Å²) in [6.07, 6.45) is 5.11. The van der Waals surface area contributed by atoms with Crippen molar-refractivity contribution in [1.82, 2.24) is 0 Å². The van der Waals surface area contributed by atoms with Crippen LogP contribution in [-0.2, 0) is 0 Å². The van der Waals surface area contributed by atoms with Gasteiger partial charge in [0.15, 0.2) is 11.6 Å². The first kappa shape index (κ1) is 14.3. The minimum atomic E-state index is -0.650. The Balaban J connectivity index is 2.02. The molecule has 1 fully saturated rings. The molecule has 0 heterocycles. The lowest BCUT2D eigenvalue weighted by atomic mass is 9.85. The summed E-state index contributed by atoms with van der Waals surface area (Å²) in [6.45, 7) is 3.83. The van der Waals surface area contributed by atoms with Gasteiger partial charge in [0.2, 0.25) is 0 Å². The van der Waals surface area contributed by atoms with Crippen LogP contribution in [0.4, 0.5) is 4.39 Å². The zero-order valence-electron chi connectivity index (χ0n) is 11.7. The molecule has 1 N–H and O–H groups in total. The Morgan fingerprint density at radius 1 is 1.42 bits per heavy atom. The van der Waals surface area contributed by atoms with Gasteiger partial charge in [0, 0.05) is 0 Å². The first-order valence-electron chi connectivity index (χ1n) is 7.24. The fraction of sp³-hybridized carbons (Fsp3) is 0.625. The van der Waals surface area contributed by atoms with Crippen molar-refractivity contribution in [3.8, 4) is 5.75 Å². The number of aliphatic hydroxyl groups is 1. The van der Waals surface area contributed by atoms with Crippen LogP contribution in [-0.4, -0.2) is 11.2 Å². The fourth-order valence-corrected chi connectivity index (χ4v) is 2.77. The lowest BCUT2D eigenvalue weighted by Gasteiger charge is -2.29. The normalized spacial score (nSPS) is 25.1. The summed E-state index contributed by atoms with van der Waals surface area (Å²) in [4.78, 5) is 0. The second-order valence-corrected chi connectivity index (χ2v) is 5.55. The van der Waals surface area contributed by atoms with Gasteiger partial charge in [-0.25, -0.2) is 4.39 Å². The third-order valence-corrected chi connectivity index (χ3v) is 4.04. The molecule has 1 aromatic carbocycles. The molecular weight excluding hydrogens is 243 g/mol. The van der Waals surface area contributed by atoms with Crippen molar-refractivity contribution >= 4 is 0 Å². The highest BCUT2D eigenvalue weighted by molar-refractivity contribution is 5.30. The van der Waals surface area contributed by atoms with E-state index in [9.17, 15) is 9.50 Å². The van der Waals surface area contributed by atoms with E-state index in [1.54, 1.807) is 19.1 Å². The van der Waals surface area contributed by atoms with Crippen LogP contribution < -0.4 is 4.74 Å². The number of hydrogen-bond acceptors (Lipinski definition) is 2. The maximum atomic E-state index is 13.9. The van der Waals surface area contributed by atoms with Crippen molar-refractivity contribution < 1.29 is 14.2 Å². The quantitative estimate of drug-likeness (QED) is 0.883. The molecule has 0 saturated heterocycles. The van der Waals surface area contributed by atoms with E-state index in [0.717, 1.165) is 19.3 Å². The lowest BCUT2D eigenvalue weighted by molar-refractivity contribution is 0.117. The Kier molecular flexibility index (Phi) is 4.81. The van der Waals surface area contributed by atoms with Crippen molar-refractivity contribution in [3.63, 3.8) is 0 Å². The largest absolute Gasteiger partial charge is 0.487 e. The van der Waals surface area contributed by atoms with Crippen LogP contribution in [0.2, 0.25) is 0 Å². The average molecular weight is 266 g/mol. The highest BCUT2D eigenvalue weighted by atomic mass is 19.1. The van der Waals surface area contributed by atoms with E-state index in [4.69, 9.17) is 4.74 Å².